The van der Waals surface area contributed by atoms with Gasteiger partial charge in [0.05, 0.1) is 12.6 Å². The lowest BCUT2D eigenvalue weighted by molar-refractivity contribution is 0.255. The molecule has 3 heteroatoms. The molecule has 3 nitrogen and oxygen atoms in total. The summed E-state index contributed by atoms with van der Waals surface area (Å²) in [6, 6.07) is 9.09. The van der Waals surface area contributed by atoms with Gasteiger partial charge in [0.15, 0.2) is 0 Å². The Hall–Kier alpha value is -1.06. The second kappa shape index (κ2) is 7.28. The van der Waals surface area contributed by atoms with Gasteiger partial charge in [-0.05, 0) is 51.3 Å². The molecule has 1 aromatic carbocycles. The van der Waals surface area contributed by atoms with E-state index in [1.54, 1.807) is 0 Å². The van der Waals surface area contributed by atoms with Gasteiger partial charge in [0, 0.05) is 24.3 Å². The number of hydrogen-bond acceptors (Lipinski definition) is 3. The Kier molecular flexibility index (Phi) is 5.65. The first kappa shape index (κ1) is 16.3. The van der Waals surface area contributed by atoms with E-state index in [0.717, 1.165) is 19.5 Å². The maximum Gasteiger partial charge on any atom is 0.0635 e. The van der Waals surface area contributed by atoms with Crippen molar-refractivity contribution >= 4 is 5.69 Å². The van der Waals surface area contributed by atoms with Gasteiger partial charge in [-0.3, -0.25) is 0 Å². The zero-order chi connectivity index (χ0) is 15.3. The highest BCUT2D eigenvalue weighted by Gasteiger charge is 2.20. The van der Waals surface area contributed by atoms with Crippen LogP contribution in [0.15, 0.2) is 24.3 Å². The molecule has 1 saturated heterocycles. The van der Waals surface area contributed by atoms with E-state index < -0.39 is 0 Å². The van der Waals surface area contributed by atoms with Crippen LogP contribution in [0.2, 0.25) is 0 Å². The van der Waals surface area contributed by atoms with Crippen LogP contribution in [-0.4, -0.2) is 29.8 Å². The average molecular weight is 290 g/mol. The molecular formula is C18H30N2O. The van der Waals surface area contributed by atoms with Crippen molar-refractivity contribution in [3.63, 3.8) is 0 Å². The highest BCUT2D eigenvalue weighted by molar-refractivity contribution is 5.48. The molecular weight excluding hydrogens is 260 g/mol. The predicted molar refractivity (Wildman–Crippen MR) is 89.7 cm³/mol. The minimum absolute atomic E-state index is 0.144. The van der Waals surface area contributed by atoms with Gasteiger partial charge in [-0.2, -0.15) is 0 Å². The first-order chi connectivity index (χ1) is 9.99. The molecule has 2 N–H and O–H groups in total. The number of rotatable bonds is 4. The summed E-state index contributed by atoms with van der Waals surface area (Å²) in [5.74, 6) is 0. The normalized spacial score (nSPS) is 20.4. The van der Waals surface area contributed by atoms with Crippen LogP contribution in [0.3, 0.4) is 0 Å². The molecule has 1 atom stereocenters. The van der Waals surface area contributed by atoms with Gasteiger partial charge in [-0.15, -0.1) is 0 Å². The van der Waals surface area contributed by atoms with E-state index in [2.05, 4.69) is 55.3 Å². The van der Waals surface area contributed by atoms with Gasteiger partial charge in [-0.1, -0.05) is 25.0 Å². The average Bonchev–Trinajstić information content (AvgIpc) is 2.70. The Labute approximate surface area is 129 Å². The summed E-state index contributed by atoms with van der Waals surface area (Å²) in [6.07, 6.45) is 4.84. The first-order valence-corrected chi connectivity index (χ1v) is 8.21. The van der Waals surface area contributed by atoms with Gasteiger partial charge < -0.3 is 15.3 Å². The molecule has 2 rings (SSSR count). The second-order valence-corrected chi connectivity index (χ2v) is 7.15. The fraction of sp³-hybridized carbons (Fsp3) is 0.667. The van der Waals surface area contributed by atoms with Crippen LogP contribution in [0.5, 0.6) is 0 Å². The van der Waals surface area contributed by atoms with Crippen molar-refractivity contribution in [1.29, 1.82) is 0 Å². The molecule has 0 spiro atoms. The minimum Gasteiger partial charge on any atom is -0.394 e. The van der Waals surface area contributed by atoms with Crippen LogP contribution in [0.1, 0.15) is 52.0 Å². The number of nitrogens with one attached hydrogen (secondary N) is 1. The van der Waals surface area contributed by atoms with Gasteiger partial charge in [-0.25, -0.2) is 0 Å². The molecule has 0 amide bonds. The fourth-order valence-electron chi connectivity index (χ4n) is 2.88. The summed E-state index contributed by atoms with van der Waals surface area (Å²) >= 11 is 0. The monoisotopic (exact) mass is 290 g/mol. The number of hydrogen-bond donors (Lipinski definition) is 2. The van der Waals surface area contributed by atoms with E-state index in [4.69, 9.17) is 0 Å². The summed E-state index contributed by atoms with van der Waals surface area (Å²) in [7, 11) is 0. The molecule has 0 radical (unpaired) electrons. The fourth-order valence-corrected chi connectivity index (χ4v) is 2.88. The van der Waals surface area contributed by atoms with E-state index in [-0.39, 0.29) is 18.2 Å². The van der Waals surface area contributed by atoms with Crippen molar-refractivity contribution in [3.8, 4) is 0 Å². The summed E-state index contributed by atoms with van der Waals surface area (Å²) in [5, 5.41) is 13.1. The van der Waals surface area contributed by atoms with Crippen molar-refractivity contribution < 1.29 is 5.11 Å². The number of nitrogens with zero attached hydrogens (tertiary/aromatic N) is 1. The molecule has 0 saturated carbocycles. The number of anilines is 1. The third-order valence-corrected chi connectivity index (χ3v) is 4.18. The summed E-state index contributed by atoms with van der Waals surface area (Å²) in [6.45, 7) is 8.77. The molecule has 118 valence electrons. The van der Waals surface area contributed by atoms with E-state index in [9.17, 15) is 5.11 Å². The molecule has 1 aliphatic heterocycles. The Morgan fingerprint density at radius 1 is 1.14 bits per heavy atom. The highest BCUT2D eigenvalue weighted by Crippen LogP contribution is 2.24. The Morgan fingerprint density at radius 3 is 2.48 bits per heavy atom. The Morgan fingerprint density at radius 2 is 1.86 bits per heavy atom. The van der Waals surface area contributed by atoms with Crippen LogP contribution in [-0.2, 0) is 6.54 Å². The van der Waals surface area contributed by atoms with Crippen molar-refractivity contribution in [2.75, 3.05) is 18.1 Å². The largest absolute Gasteiger partial charge is 0.394 e. The SMILES string of the molecule is CC(C)(C)NCc1ccc(N2CCCCCC2CO)cc1. The standard InChI is InChI=1S/C18H30N2O/c1-18(2,3)19-13-15-8-10-16(11-9-15)20-12-6-4-5-7-17(20)14-21/h8-11,17,19,21H,4-7,12-14H2,1-3H3. The van der Waals surface area contributed by atoms with Crippen LogP contribution in [0.25, 0.3) is 0 Å². The van der Waals surface area contributed by atoms with E-state index in [1.165, 1.54) is 30.5 Å². The topological polar surface area (TPSA) is 35.5 Å². The zero-order valence-electron chi connectivity index (χ0n) is 13.7. The number of aliphatic hydroxyl groups is 1. The van der Waals surface area contributed by atoms with Gasteiger partial charge in [0.1, 0.15) is 0 Å². The molecule has 0 bridgehead atoms. The molecule has 1 aliphatic rings. The van der Waals surface area contributed by atoms with Crippen molar-refractivity contribution in [1.82, 2.24) is 5.32 Å². The van der Waals surface area contributed by atoms with Crippen molar-refractivity contribution in [2.45, 2.75) is 64.6 Å². The molecule has 1 aromatic rings. The lowest BCUT2D eigenvalue weighted by atomic mass is 10.1. The lowest BCUT2D eigenvalue weighted by Crippen LogP contribution is -2.37. The second-order valence-electron chi connectivity index (χ2n) is 7.15. The van der Waals surface area contributed by atoms with Crippen LogP contribution >= 0.6 is 0 Å². The Bertz CT molecular complexity index is 422. The molecule has 21 heavy (non-hydrogen) atoms. The number of aliphatic hydroxyl groups excluding tert-OH is 1. The summed E-state index contributed by atoms with van der Waals surface area (Å²) < 4.78 is 0. The summed E-state index contributed by atoms with van der Waals surface area (Å²) in [4.78, 5) is 2.38. The van der Waals surface area contributed by atoms with E-state index in [0.29, 0.717) is 0 Å². The van der Waals surface area contributed by atoms with Crippen LogP contribution in [0.4, 0.5) is 5.69 Å². The smallest absolute Gasteiger partial charge is 0.0635 e. The van der Waals surface area contributed by atoms with Crippen molar-refractivity contribution in [3.05, 3.63) is 29.8 Å². The highest BCUT2D eigenvalue weighted by atomic mass is 16.3. The first-order valence-electron chi connectivity index (χ1n) is 8.21. The Balaban J connectivity index is 2.03. The quantitative estimate of drug-likeness (QED) is 0.893. The number of benzene rings is 1. The third kappa shape index (κ3) is 5.01. The van der Waals surface area contributed by atoms with Crippen molar-refractivity contribution in [2.24, 2.45) is 0 Å². The van der Waals surface area contributed by atoms with E-state index in [1.807, 2.05) is 0 Å². The molecule has 1 unspecified atom stereocenters. The molecule has 0 aromatic heterocycles. The van der Waals surface area contributed by atoms with Crippen LogP contribution < -0.4 is 10.2 Å². The van der Waals surface area contributed by atoms with Gasteiger partial charge in [0.2, 0.25) is 0 Å². The van der Waals surface area contributed by atoms with Crippen LogP contribution in [0, 0.1) is 0 Å². The maximum absolute atomic E-state index is 9.62. The van der Waals surface area contributed by atoms with Gasteiger partial charge >= 0.3 is 0 Å². The maximum atomic E-state index is 9.62. The minimum atomic E-state index is 0.144. The molecule has 1 fully saturated rings. The van der Waals surface area contributed by atoms with E-state index >= 15 is 0 Å². The lowest BCUT2D eigenvalue weighted by Gasteiger charge is -2.31. The zero-order valence-corrected chi connectivity index (χ0v) is 13.7. The summed E-state index contributed by atoms with van der Waals surface area (Å²) in [5.41, 5.74) is 2.70. The molecule has 1 heterocycles. The predicted octanol–water partition coefficient (Wildman–Crippen LogP) is 3.32. The van der Waals surface area contributed by atoms with Gasteiger partial charge in [0.25, 0.3) is 0 Å². The third-order valence-electron chi connectivity index (χ3n) is 4.18. The molecule has 0 aliphatic carbocycles.